The molecule has 2 aliphatic heterocycles. The molecule has 2 aliphatic rings. The quantitative estimate of drug-likeness (QED) is 0.850. The minimum absolute atomic E-state index is 0.265. The van der Waals surface area contributed by atoms with Gasteiger partial charge in [0.25, 0.3) is 0 Å². The lowest BCUT2D eigenvalue weighted by Gasteiger charge is -2.43. The first-order chi connectivity index (χ1) is 9.02. The minimum Gasteiger partial charge on any atom is -0.314 e. The van der Waals surface area contributed by atoms with Gasteiger partial charge >= 0.3 is 0 Å². The van der Waals surface area contributed by atoms with Crippen molar-refractivity contribution in [3.8, 4) is 0 Å². The number of rotatable bonds is 4. The van der Waals surface area contributed by atoms with Crippen LogP contribution < -0.4 is 5.32 Å². The van der Waals surface area contributed by atoms with Crippen molar-refractivity contribution >= 4 is 9.84 Å². The zero-order chi connectivity index (χ0) is 13.9. The third-order valence-corrected chi connectivity index (χ3v) is 6.32. The second kappa shape index (κ2) is 6.55. The van der Waals surface area contributed by atoms with E-state index in [4.69, 9.17) is 0 Å². The highest BCUT2D eigenvalue weighted by Gasteiger charge is 2.34. The number of hydrogen-bond acceptors (Lipinski definition) is 4. The molecule has 2 rings (SSSR count). The molecule has 0 amide bonds. The number of hydrogen-bond donors (Lipinski definition) is 1. The van der Waals surface area contributed by atoms with Crippen LogP contribution in [0.3, 0.4) is 0 Å². The average molecular weight is 288 g/mol. The predicted octanol–water partition coefficient (Wildman–Crippen LogP) is 1.42. The average Bonchev–Trinajstić information content (AvgIpc) is 2.35. The van der Waals surface area contributed by atoms with Crippen LogP contribution in [-0.4, -0.2) is 56.0 Å². The molecule has 112 valence electrons. The van der Waals surface area contributed by atoms with Gasteiger partial charge in [-0.05, 0) is 45.6 Å². The molecule has 0 spiro atoms. The largest absolute Gasteiger partial charge is 0.314 e. The van der Waals surface area contributed by atoms with Gasteiger partial charge in [-0.15, -0.1) is 0 Å². The second-order valence-corrected chi connectivity index (χ2v) is 8.40. The highest BCUT2D eigenvalue weighted by molar-refractivity contribution is 7.91. The topological polar surface area (TPSA) is 49.4 Å². The van der Waals surface area contributed by atoms with Gasteiger partial charge in [0.2, 0.25) is 0 Å². The fraction of sp³-hybridized carbons (Fsp3) is 1.00. The highest BCUT2D eigenvalue weighted by Crippen LogP contribution is 2.25. The summed E-state index contributed by atoms with van der Waals surface area (Å²) < 4.78 is 23.6. The van der Waals surface area contributed by atoms with Crippen LogP contribution in [0.4, 0.5) is 0 Å². The van der Waals surface area contributed by atoms with Crippen LogP contribution in [0.5, 0.6) is 0 Å². The van der Waals surface area contributed by atoms with E-state index in [0.717, 1.165) is 38.8 Å². The van der Waals surface area contributed by atoms with Gasteiger partial charge in [-0.1, -0.05) is 6.92 Å². The van der Waals surface area contributed by atoms with E-state index in [-0.39, 0.29) is 6.04 Å². The van der Waals surface area contributed by atoms with Crippen molar-refractivity contribution in [2.75, 3.05) is 24.6 Å². The van der Waals surface area contributed by atoms with Crippen LogP contribution in [0, 0.1) is 0 Å². The van der Waals surface area contributed by atoms with Crippen molar-refractivity contribution in [1.82, 2.24) is 10.2 Å². The predicted molar refractivity (Wildman–Crippen MR) is 79.2 cm³/mol. The van der Waals surface area contributed by atoms with E-state index < -0.39 is 9.84 Å². The fourth-order valence-electron chi connectivity index (χ4n) is 3.53. The van der Waals surface area contributed by atoms with Gasteiger partial charge in [-0.2, -0.15) is 0 Å². The summed E-state index contributed by atoms with van der Waals surface area (Å²) in [6.45, 7) is 6.58. The molecule has 5 heteroatoms. The number of nitrogens with one attached hydrogen (secondary N) is 1. The second-order valence-electron chi connectivity index (χ2n) is 6.17. The number of nitrogens with zero attached hydrogens (tertiary/aromatic N) is 1. The lowest BCUT2D eigenvalue weighted by atomic mass is 9.95. The molecule has 2 heterocycles. The highest BCUT2D eigenvalue weighted by atomic mass is 32.2. The van der Waals surface area contributed by atoms with E-state index in [1.54, 1.807) is 0 Å². The third kappa shape index (κ3) is 4.17. The summed E-state index contributed by atoms with van der Waals surface area (Å²) in [5, 5.41) is 3.60. The smallest absolute Gasteiger partial charge is 0.151 e. The third-order valence-electron chi connectivity index (χ3n) is 4.52. The zero-order valence-corrected chi connectivity index (χ0v) is 13.1. The normalized spacial score (nSPS) is 36.2. The number of sulfone groups is 1. The van der Waals surface area contributed by atoms with Crippen molar-refractivity contribution in [3.05, 3.63) is 0 Å². The summed E-state index contributed by atoms with van der Waals surface area (Å²) in [6, 6.07) is 1.38. The van der Waals surface area contributed by atoms with Crippen LogP contribution in [0.25, 0.3) is 0 Å². The number of piperidine rings is 1. The lowest BCUT2D eigenvalue weighted by Crippen LogP contribution is -2.54. The maximum Gasteiger partial charge on any atom is 0.151 e. The van der Waals surface area contributed by atoms with Crippen LogP contribution in [0.2, 0.25) is 0 Å². The van der Waals surface area contributed by atoms with Crippen molar-refractivity contribution in [3.63, 3.8) is 0 Å². The summed E-state index contributed by atoms with van der Waals surface area (Å²) in [4.78, 5) is 2.45. The molecule has 3 unspecified atom stereocenters. The first-order valence-electron chi connectivity index (χ1n) is 7.71. The number of likely N-dealkylation sites (tertiary alicyclic amines) is 1. The molecule has 0 aromatic carbocycles. The SMILES string of the molecule is CCCNC1CCN(C2CCCS(=O)(=O)C2)C(C)C1. The molecule has 0 aromatic heterocycles. The summed E-state index contributed by atoms with van der Waals surface area (Å²) >= 11 is 0. The first kappa shape index (κ1) is 15.3. The van der Waals surface area contributed by atoms with E-state index >= 15 is 0 Å². The molecular formula is C14H28N2O2S. The Balaban J connectivity index is 1.89. The molecular weight excluding hydrogens is 260 g/mol. The lowest BCUT2D eigenvalue weighted by molar-refractivity contribution is 0.0907. The van der Waals surface area contributed by atoms with Crippen LogP contribution in [-0.2, 0) is 9.84 Å². The minimum atomic E-state index is -2.79. The fourth-order valence-corrected chi connectivity index (χ4v) is 5.24. The van der Waals surface area contributed by atoms with Gasteiger partial charge in [-0.3, -0.25) is 4.90 Å². The van der Waals surface area contributed by atoms with E-state index in [0.29, 0.717) is 23.6 Å². The van der Waals surface area contributed by atoms with Gasteiger partial charge in [0.05, 0.1) is 11.5 Å². The van der Waals surface area contributed by atoms with Gasteiger partial charge in [-0.25, -0.2) is 8.42 Å². The summed E-state index contributed by atoms with van der Waals surface area (Å²) in [7, 11) is -2.79. The summed E-state index contributed by atoms with van der Waals surface area (Å²) in [6.07, 6.45) is 5.37. The van der Waals surface area contributed by atoms with Gasteiger partial charge in [0.15, 0.2) is 9.84 Å². The summed E-state index contributed by atoms with van der Waals surface area (Å²) in [5.74, 6) is 0.775. The molecule has 3 atom stereocenters. The van der Waals surface area contributed by atoms with Crippen LogP contribution in [0.1, 0.15) is 46.0 Å². The Bertz CT molecular complexity index is 383. The molecule has 2 fully saturated rings. The molecule has 0 aromatic rings. The Kier molecular flexibility index (Phi) is 5.26. The van der Waals surface area contributed by atoms with Crippen LogP contribution in [0.15, 0.2) is 0 Å². The van der Waals surface area contributed by atoms with Gasteiger partial charge in [0, 0.05) is 24.7 Å². The van der Waals surface area contributed by atoms with E-state index in [9.17, 15) is 8.42 Å². The Morgan fingerprint density at radius 2 is 2.11 bits per heavy atom. The van der Waals surface area contributed by atoms with E-state index in [1.807, 2.05) is 0 Å². The Morgan fingerprint density at radius 1 is 1.32 bits per heavy atom. The molecule has 0 radical (unpaired) electrons. The molecule has 2 saturated heterocycles. The molecule has 1 N–H and O–H groups in total. The molecule has 19 heavy (non-hydrogen) atoms. The Labute approximate surface area is 117 Å². The van der Waals surface area contributed by atoms with E-state index in [2.05, 4.69) is 24.1 Å². The Hall–Kier alpha value is -0.130. The summed E-state index contributed by atoms with van der Waals surface area (Å²) in [5.41, 5.74) is 0. The zero-order valence-electron chi connectivity index (χ0n) is 12.3. The van der Waals surface area contributed by atoms with Crippen molar-refractivity contribution in [1.29, 1.82) is 0 Å². The molecule has 0 bridgehead atoms. The maximum atomic E-state index is 11.8. The van der Waals surface area contributed by atoms with Gasteiger partial charge in [0.1, 0.15) is 0 Å². The molecule has 0 saturated carbocycles. The van der Waals surface area contributed by atoms with Gasteiger partial charge < -0.3 is 5.32 Å². The monoisotopic (exact) mass is 288 g/mol. The maximum absolute atomic E-state index is 11.8. The molecule has 0 aliphatic carbocycles. The Morgan fingerprint density at radius 3 is 2.74 bits per heavy atom. The first-order valence-corrected chi connectivity index (χ1v) is 9.53. The van der Waals surface area contributed by atoms with E-state index in [1.165, 1.54) is 6.42 Å². The van der Waals surface area contributed by atoms with Crippen molar-refractivity contribution < 1.29 is 8.42 Å². The standard InChI is InChI=1S/C14H28N2O2S/c1-3-7-15-13-6-8-16(12(2)10-13)14-5-4-9-19(17,18)11-14/h12-15H,3-11H2,1-2H3. The van der Waals surface area contributed by atoms with Crippen LogP contribution >= 0.6 is 0 Å². The van der Waals surface area contributed by atoms with Crippen molar-refractivity contribution in [2.45, 2.75) is 64.1 Å². The molecule has 4 nitrogen and oxygen atoms in total. The van der Waals surface area contributed by atoms with Crippen molar-refractivity contribution in [2.24, 2.45) is 0 Å².